The molecule has 1 heterocycles. The molecule has 0 aromatic carbocycles. The SMILES string of the molecule is CCCCCCSSN1CCOCC1. The van der Waals surface area contributed by atoms with E-state index in [2.05, 4.69) is 11.2 Å². The highest BCUT2D eigenvalue weighted by Gasteiger charge is 2.10. The van der Waals surface area contributed by atoms with Gasteiger partial charge in [-0.1, -0.05) is 37.0 Å². The Morgan fingerprint density at radius 3 is 2.64 bits per heavy atom. The van der Waals surface area contributed by atoms with Crippen molar-refractivity contribution >= 4 is 21.8 Å². The van der Waals surface area contributed by atoms with E-state index in [0.717, 1.165) is 26.3 Å². The highest BCUT2D eigenvalue weighted by atomic mass is 33.1. The maximum absolute atomic E-state index is 5.29. The molecule has 0 bridgehead atoms. The summed E-state index contributed by atoms with van der Waals surface area (Å²) in [7, 11) is 3.92. The normalized spacial score (nSPS) is 18.6. The van der Waals surface area contributed by atoms with Gasteiger partial charge in [0.25, 0.3) is 0 Å². The number of hydrogen-bond acceptors (Lipinski definition) is 4. The van der Waals surface area contributed by atoms with Crippen LogP contribution in [0.5, 0.6) is 0 Å². The second-order valence-electron chi connectivity index (χ2n) is 3.50. The van der Waals surface area contributed by atoms with Gasteiger partial charge in [-0.25, -0.2) is 4.31 Å². The van der Waals surface area contributed by atoms with Crippen molar-refractivity contribution in [1.29, 1.82) is 0 Å². The van der Waals surface area contributed by atoms with Crippen molar-refractivity contribution in [2.45, 2.75) is 32.6 Å². The Hall–Kier alpha value is 0.620. The van der Waals surface area contributed by atoms with Gasteiger partial charge in [0.05, 0.1) is 13.2 Å². The highest BCUT2D eigenvalue weighted by Crippen LogP contribution is 2.27. The zero-order valence-corrected chi connectivity index (χ0v) is 10.7. The zero-order chi connectivity index (χ0) is 10.1. The van der Waals surface area contributed by atoms with Gasteiger partial charge in [-0.05, 0) is 17.4 Å². The molecule has 0 unspecified atom stereocenters. The molecule has 4 heteroatoms. The Morgan fingerprint density at radius 2 is 1.93 bits per heavy atom. The summed E-state index contributed by atoms with van der Waals surface area (Å²) in [6.45, 7) is 6.25. The Balaban J connectivity index is 1.82. The average molecular weight is 235 g/mol. The molecule has 1 aliphatic heterocycles. The van der Waals surface area contributed by atoms with Crippen molar-refractivity contribution in [2.75, 3.05) is 32.1 Å². The fraction of sp³-hybridized carbons (Fsp3) is 1.00. The van der Waals surface area contributed by atoms with Crippen LogP contribution in [0, 0.1) is 0 Å². The van der Waals surface area contributed by atoms with Gasteiger partial charge >= 0.3 is 0 Å². The molecule has 1 rings (SSSR count). The van der Waals surface area contributed by atoms with Crippen molar-refractivity contribution in [1.82, 2.24) is 4.31 Å². The first-order valence-electron chi connectivity index (χ1n) is 5.55. The maximum Gasteiger partial charge on any atom is 0.0603 e. The number of hydrogen-bond donors (Lipinski definition) is 0. The van der Waals surface area contributed by atoms with Crippen LogP contribution in [-0.2, 0) is 4.74 Å². The molecule has 0 atom stereocenters. The van der Waals surface area contributed by atoms with E-state index < -0.39 is 0 Å². The molecule has 0 aromatic rings. The Morgan fingerprint density at radius 1 is 1.14 bits per heavy atom. The first-order chi connectivity index (χ1) is 6.93. The maximum atomic E-state index is 5.29. The molecule has 0 N–H and O–H groups in total. The molecule has 0 aromatic heterocycles. The van der Waals surface area contributed by atoms with Gasteiger partial charge in [-0.15, -0.1) is 0 Å². The molecule has 1 fully saturated rings. The molecule has 1 saturated heterocycles. The van der Waals surface area contributed by atoms with Gasteiger partial charge in [-0.2, -0.15) is 0 Å². The smallest absolute Gasteiger partial charge is 0.0603 e. The van der Waals surface area contributed by atoms with Gasteiger partial charge in [0, 0.05) is 18.8 Å². The van der Waals surface area contributed by atoms with Crippen molar-refractivity contribution < 1.29 is 4.74 Å². The lowest BCUT2D eigenvalue weighted by Crippen LogP contribution is -2.30. The minimum atomic E-state index is 0.906. The molecule has 0 amide bonds. The predicted octanol–water partition coefficient (Wildman–Crippen LogP) is 3.20. The Bertz CT molecular complexity index is 129. The van der Waals surface area contributed by atoms with Crippen LogP contribution in [0.15, 0.2) is 0 Å². The highest BCUT2D eigenvalue weighted by molar-refractivity contribution is 8.75. The lowest BCUT2D eigenvalue weighted by Gasteiger charge is -2.24. The quantitative estimate of drug-likeness (QED) is 0.381. The fourth-order valence-corrected chi connectivity index (χ4v) is 3.64. The average Bonchev–Trinajstić information content (AvgIpc) is 2.25. The lowest BCUT2D eigenvalue weighted by molar-refractivity contribution is 0.0779. The summed E-state index contributed by atoms with van der Waals surface area (Å²) in [6, 6.07) is 0. The van der Waals surface area contributed by atoms with Crippen LogP contribution < -0.4 is 0 Å². The van der Waals surface area contributed by atoms with Gasteiger partial charge in [0.15, 0.2) is 0 Å². The van der Waals surface area contributed by atoms with E-state index in [-0.39, 0.29) is 0 Å². The molecule has 0 saturated carbocycles. The van der Waals surface area contributed by atoms with Crippen LogP contribution in [0.2, 0.25) is 0 Å². The number of ether oxygens (including phenoxy) is 1. The Labute approximate surface area is 95.7 Å². The largest absolute Gasteiger partial charge is 0.379 e. The monoisotopic (exact) mass is 235 g/mol. The molecule has 14 heavy (non-hydrogen) atoms. The van der Waals surface area contributed by atoms with Gasteiger partial charge in [0.2, 0.25) is 0 Å². The number of morpholine rings is 1. The third kappa shape index (κ3) is 6.17. The van der Waals surface area contributed by atoms with E-state index in [1.165, 1.54) is 31.4 Å². The second kappa shape index (κ2) is 8.89. The number of unbranched alkanes of at least 4 members (excludes halogenated alkanes) is 3. The van der Waals surface area contributed by atoms with Crippen LogP contribution in [0.3, 0.4) is 0 Å². The minimum Gasteiger partial charge on any atom is -0.379 e. The van der Waals surface area contributed by atoms with E-state index in [4.69, 9.17) is 4.74 Å². The van der Waals surface area contributed by atoms with Crippen LogP contribution in [0.1, 0.15) is 32.6 Å². The summed E-state index contributed by atoms with van der Waals surface area (Å²) in [5, 5.41) is 0. The van der Waals surface area contributed by atoms with E-state index in [0.29, 0.717) is 0 Å². The fourth-order valence-electron chi connectivity index (χ4n) is 1.32. The van der Waals surface area contributed by atoms with Crippen LogP contribution in [-0.4, -0.2) is 36.4 Å². The predicted molar refractivity (Wildman–Crippen MR) is 66.6 cm³/mol. The summed E-state index contributed by atoms with van der Waals surface area (Å²) in [5.41, 5.74) is 0. The molecule has 0 aliphatic carbocycles. The van der Waals surface area contributed by atoms with E-state index >= 15 is 0 Å². The molecule has 84 valence electrons. The van der Waals surface area contributed by atoms with Gasteiger partial charge < -0.3 is 4.74 Å². The van der Waals surface area contributed by atoms with Crippen molar-refractivity contribution in [3.8, 4) is 0 Å². The summed E-state index contributed by atoms with van der Waals surface area (Å²) in [4.78, 5) is 0. The first kappa shape index (κ1) is 12.7. The standard InChI is InChI=1S/C10H21NOS2/c1-2-3-4-5-10-13-14-11-6-8-12-9-7-11/h2-10H2,1H3. The number of nitrogens with zero attached hydrogens (tertiary/aromatic N) is 1. The molecule has 0 spiro atoms. The summed E-state index contributed by atoms with van der Waals surface area (Å²) in [5.74, 6) is 1.29. The third-order valence-corrected chi connectivity index (χ3v) is 4.79. The van der Waals surface area contributed by atoms with Crippen molar-refractivity contribution in [3.05, 3.63) is 0 Å². The van der Waals surface area contributed by atoms with E-state index in [1.807, 2.05) is 21.8 Å². The Kier molecular flexibility index (Phi) is 8.06. The zero-order valence-electron chi connectivity index (χ0n) is 9.04. The molecule has 2 nitrogen and oxygen atoms in total. The van der Waals surface area contributed by atoms with Crippen LogP contribution in [0.4, 0.5) is 0 Å². The first-order valence-corrected chi connectivity index (χ1v) is 7.83. The van der Waals surface area contributed by atoms with Crippen molar-refractivity contribution in [3.63, 3.8) is 0 Å². The molecular formula is C10H21NOS2. The lowest BCUT2D eigenvalue weighted by atomic mass is 10.2. The third-order valence-electron chi connectivity index (χ3n) is 2.21. The van der Waals surface area contributed by atoms with Crippen LogP contribution >= 0.6 is 21.8 Å². The van der Waals surface area contributed by atoms with Crippen LogP contribution in [0.25, 0.3) is 0 Å². The summed E-state index contributed by atoms with van der Waals surface area (Å²) < 4.78 is 7.71. The summed E-state index contributed by atoms with van der Waals surface area (Å²) in [6.07, 6.45) is 5.49. The molecular weight excluding hydrogens is 214 g/mol. The number of rotatable bonds is 7. The molecule has 1 aliphatic rings. The van der Waals surface area contributed by atoms with Gasteiger partial charge in [0.1, 0.15) is 0 Å². The van der Waals surface area contributed by atoms with E-state index in [1.54, 1.807) is 0 Å². The van der Waals surface area contributed by atoms with Crippen molar-refractivity contribution in [2.24, 2.45) is 0 Å². The van der Waals surface area contributed by atoms with Gasteiger partial charge in [-0.3, -0.25) is 0 Å². The minimum absolute atomic E-state index is 0.906. The second-order valence-corrected chi connectivity index (χ2v) is 5.96. The molecule has 0 radical (unpaired) electrons. The van der Waals surface area contributed by atoms with E-state index in [9.17, 15) is 0 Å². The topological polar surface area (TPSA) is 12.5 Å². The summed E-state index contributed by atoms with van der Waals surface area (Å²) >= 11 is 0.